The molecule has 6 nitrogen and oxygen atoms in total. The highest BCUT2D eigenvalue weighted by molar-refractivity contribution is 5.97. The van der Waals surface area contributed by atoms with E-state index in [2.05, 4.69) is 10.4 Å². The van der Waals surface area contributed by atoms with E-state index in [1.165, 1.54) is 42.2 Å². The van der Waals surface area contributed by atoms with Crippen LogP contribution in [-0.2, 0) is 9.53 Å². The van der Waals surface area contributed by atoms with Crippen LogP contribution >= 0.6 is 0 Å². The highest BCUT2D eigenvalue weighted by Gasteiger charge is 2.20. The van der Waals surface area contributed by atoms with Gasteiger partial charge < -0.3 is 10.1 Å². The molecule has 0 spiro atoms. The van der Waals surface area contributed by atoms with Gasteiger partial charge in [-0.25, -0.2) is 13.9 Å². The predicted octanol–water partition coefficient (Wildman–Crippen LogP) is 2.58. The van der Waals surface area contributed by atoms with Crippen molar-refractivity contribution in [1.29, 1.82) is 0 Å². The van der Waals surface area contributed by atoms with Gasteiger partial charge in [0.25, 0.3) is 5.91 Å². The Morgan fingerprint density at radius 2 is 1.81 bits per heavy atom. The van der Waals surface area contributed by atoms with Gasteiger partial charge in [-0.3, -0.25) is 4.79 Å². The molecular weight excluding hydrogens is 337 g/mol. The number of carbonyl (C=O) groups excluding carboxylic acids is 2. The van der Waals surface area contributed by atoms with Crippen molar-refractivity contribution in [1.82, 2.24) is 15.1 Å². The van der Waals surface area contributed by atoms with E-state index >= 15 is 0 Å². The highest BCUT2D eigenvalue weighted by atomic mass is 19.1. The van der Waals surface area contributed by atoms with Crippen LogP contribution in [0.3, 0.4) is 0 Å². The van der Waals surface area contributed by atoms with E-state index in [1.807, 2.05) is 30.3 Å². The fraction of sp³-hybridized carbons (Fsp3) is 0.105. The van der Waals surface area contributed by atoms with E-state index in [-0.39, 0.29) is 11.4 Å². The van der Waals surface area contributed by atoms with Crippen LogP contribution in [0, 0.1) is 5.82 Å². The standard InChI is InChI=1S/C19H16FN3O3/c1-21-17(24)12-26-19(25)16-11-23(15-5-3-2-4-6-15)22-18(16)13-7-9-14(20)10-8-13/h2-11H,12H2,1H3,(H,21,24). The molecule has 0 saturated carbocycles. The average Bonchev–Trinajstić information content (AvgIpc) is 3.12. The van der Waals surface area contributed by atoms with Crippen molar-refractivity contribution < 1.29 is 18.7 Å². The van der Waals surface area contributed by atoms with Gasteiger partial charge in [0.05, 0.1) is 5.69 Å². The van der Waals surface area contributed by atoms with Crippen molar-refractivity contribution in [3.05, 3.63) is 72.2 Å². The van der Waals surface area contributed by atoms with Crippen LogP contribution in [0.1, 0.15) is 10.4 Å². The number of aromatic nitrogens is 2. The number of likely N-dealkylation sites (N-methyl/N-ethyl adjacent to an activating group) is 1. The molecule has 132 valence electrons. The third kappa shape index (κ3) is 3.77. The second-order valence-corrected chi connectivity index (χ2v) is 5.43. The normalized spacial score (nSPS) is 10.4. The third-order valence-corrected chi connectivity index (χ3v) is 3.69. The lowest BCUT2D eigenvalue weighted by Crippen LogP contribution is -2.25. The van der Waals surface area contributed by atoms with Crippen molar-refractivity contribution in [2.45, 2.75) is 0 Å². The molecule has 3 rings (SSSR count). The third-order valence-electron chi connectivity index (χ3n) is 3.69. The molecule has 1 aromatic heterocycles. The van der Waals surface area contributed by atoms with Crippen LogP contribution in [0.2, 0.25) is 0 Å². The number of rotatable bonds is 5. The largest absolute Gasteiger partial charge is 0.452 e. The number of halogens is 1. The van der Waals surface area contributed by atoms with E-state index in [4.69, 9.17) is 4.74 Å². The lowest BCUT2D eigenvalue weighted by molar-refractivity contribution is -0.123. The van der Waals surface area contributed by atoms with Crippen LogP contribution in [0.4, 0.5) is 4.39 Å². The van der Waals surface area contributed by atoms with E-state index in [0.717, 1.165) is 5.69 Å². The summed E-state index contributed by atoms with van der Waals surface area (Å²) in [4.78, 5) is 23.8. The maximum absolute atomic E-state index is 13.2. The number of amides is 1. The first kappa shape index (κ1) is 17.3. The summed E-state index contributed by atoms with van der Waals surface area (Å²) in [7, 11) is 1.45. The molecule has 0 aliphatic heterocycles. The molecule has 0 radical (unpaired) electrons. The maximum Gasteiger partial charge on any atom is 0.342 e. The molecule has 3 aromatic rings. The Morgan fingerprint density at radius 1 is 1.12 bits per heavy atom. The van der Waals surface area contributed by atoms with Crippen LogP contribution in [0.5, 0.6) is 0 Å². The molecule has 1 N–H and O–H groups in total. The van der Waals surface area contributed by atoms with Gasteiger partial charge in [-0.05, 0) is 36.4 Å². The molecule has 0 aliphatic rings. The van der Waals surface area contributed by atoms with Gasteiger partial charge in [0.2, 0.25) is 0 Å². The minimum Gasteiger partial charge on any atom is -0.452 e. The molecule has 7 heteroatoms. The van der Waals surface area contributed by atoms with Crippen molar-refractivity contribution in [3.8, 4) is 16.9 Å². The number of para-hydroxylation sites is 1. The highest BCUT2D eigenvalue weighted by Crippen LogP contribution is 2.24. The minimum atomic E-state index is -0.685. The van der Waals surface area contributed by atoms with Gasteiger partial charge >= 0.3 is 5.97 Å². The lowest BCUT2D eigenvalue weighted by Gasteiger charge is -2.04. The van der Waals surface area contributed by atoms with Gasteiger partial charge in [0.1, 0.15) is 17.1 Å². The second-order valence-electron chi connectivity index (χ2n) is 5.43. The molecular formula is C19H16FN3O3. The van der Waals surface area contributed by atoms with Crippen molar-refractivity contribution in [2.75, 3.05) is 13.7 Å². The lowest BCUT2D eigenvalue weighted by atomic mass is 10.1. The number of benzene rings is 2. The Bertz CT molecular complexity index is 921. The molecule has 0 atom stereocenters. The summed E-state index contributed by atoms with van der Waals surface area (Å²) in [6.07, 6.45) is 1.53. The Labute approximate surface area is 149 Å². The number of ether oxygens (including phenoxy) is 1. The monoisotopic (exact) mass is 353 g/mol. The number of esters is 1. The summed E-state index contributed by atoms with van der Waals surface area (Å²) in [5, 5.41) is 6.82. The Kier molecular flexibility index (Phi) is 5.07. The summed E-state index contributed by atoms with van der Waals surface area (Å²) in [5.74, 6) is -1.49. The quantitative estimate of drug-likeness (QED) is 0.716. The fourth-order valence-electron chi connectivity index (χ4n) is 2.34. The topological polar surface area (TPSA) is 73.2 Å². The van der Waals surface area contributed by atoms with Crippen LogP contribution in [0.15, 0.2) is 60.8 Å². The molecule has 0 bridgehead atoms. The zero-order valence-corrected chi connectivity index (χ0v) is 14.0. The van der Waals surface area contributed by atoms with Gasteiger partial charge in [0.15, 0.2) is 6.61 Å². The van der Waals surface area contributed by atoms with Gasteiger partial charge in [0, 0.05) is 18.8 Å². The summed E-state index contributed by atoms with van der Waals surface area (Å²) in [6.45, 7) is -0.394. The molecule has 1 amide bonds. The van der Waals surface area contributed by atoms with E-state index in [1.54, 1.807) is 0 Å². The fourth-order valence-corrected chi connectivity index (χ4v) is 2.34. The number of hydrogen-bond donors (Lipinski definition) is 1. The minimum absolute atomic E-state index is 0.185. The SMILES string of the molecule is CNC(=O)COC(=O)c1cn(-c2ccccc2)nc1-c1ccc(F)cc1. The van der Waals surface area contributed by atoms with Gasteiger partial charge in [-0.1, -0.05) is 18.2 Å². The van der Waals surface area contributed by atoms with Crippen LogP contribution in [0.25, 0.3) is 16.9 Å². The smallest absolute Gasteiger partial charge is 0.342 e. The average molecular weight is 353 g/mol. The maximum atomic E-state index is 13.2. The van der Waals surface area contributed by atoms with Crippen molar-refractivity contribution >= 4 is 11.9 Å². The number of nitrogens with zero attached hydrogens (tertiary/aromatic N) is 2. The first-order chi connectivity index (χ1) is 12.6. The molecule has 0 saturated heterocycles. The van der Waals surface area contributed by atoms with Gasteiger partial charge in [-0.15, -0.1) is 0 Å². The molecule has 1 heterocycles. The molecule has 26 heavy (non-hydrogen) atoms. The number of carbonyl (C=O) groups is 2. The summed E-state index contributed by atoms with van der Waals surface area (Å²) < 4.78 is 19.8. The van der Waals surface area contributed by atoms with E-state index < -0.39 is 18.5 Å². The predicted molar refractivity (Wildman–Crippen MR) is 93.3 cm³/mol. The summed E-state index contributed by atoms with van der Waals surface area (Å²) >= 11 is 0. The number of hydrogen-bond acceptors (Lipinski definition) is 4. The summed E-state index contributed by atoms with van der Waals surface area (Å²) in [6, 6.07) is 14.9. The Hall–Kier alpha value is -3.48. The molecule has 2 aromatic carbocycles. The summed E-state index contributed by atoms with van der Waals surface area (Å²) in [5.41, 5.74) is 1.84. The Balaban J connectivity index is 2.00. The second kappa shape index (κ2) is 7.60. The van der Waals surface area contributed by atoms with E-state index in [9.17, 15) is 14.0 Å². The molecule has 0 unspecified atom stereocenters. The zero-order valence-electron chi connectivity index (χ0n) is 14.0. The first-order valence-corrected chi connectivity index (χ1v) is 7.87. The van der Waals surface area contributed by atoms with Crippen LogP contribution in [-0.4, -0.2) is 35.3 Å². The Morgan fingerprint density at radius 3 is 2.46 bits per heavy atom. The molecule has 0 fully saturated rings. The number of nitrogens with one attached hydrogen (secondary N) is 1. The van der Waals surface area contributed by atoms with Crippen molar-refractivity contribution in [2.24, 2.45) is 0 Å². The molecule has 0 aliphatic carbocycles. The zero-order chi connectivity index (χ0) is 18.5. The van der Waals surface area contributed by atoms with Gasteiger partial charge in [-0.2, -0.15) is 5.10 Å². The van der Waals surface area contributed by atoms with Crippen LogP contribution < -0.4 is 5.32 Å². The van der Waals surface area contributed by atoms with Crippen molar-refractivity contribution in [3.63, 3.8) is 0 Å². The van der Waals surface area contributed by atoms with E-state index in [0.29, 0.717) is 11.3 Å². The first-order valence-electron chi connectivity index (χ1n) is 7.87.